The summed E-state index contributed by atoms with van der Waals surface area (Å²) in [6.45, 7) is 2.23. The third kappa shape index (κ3) is 1.78. The maximum absolute atomic E-state index is 5.20. The summed E-state index contributed by atoms with van der Waals surface area (Å²) in [5, 5.41) is 1.27. The molecule has 1 aliphatic rings. The maximum atomic E-state index is 5.20. The van der Waals surface area contributed by atoms with Gasteiger partial charge >= 0.3 is 0 Å². The van der Waals surface area contributed by atoms with Crippen molar-refractivity contribution >= 4 is 10.9 Å². The molecule has 0 bridgehead atoms. The summed E-state index contributed by atoms with van der Waals surface area (Å²) < 4.78 is 5.20. The molecule has 4 heteroatoms. The third-order valence-corrected chi connectivity index (χ3v) is 3.55. The molecule has 3 rings (SSSR count). The van der Waals surface area contributed by atoms with Crippen LogP contribution >= 0.6 is 0 Å². The average Bonchev–Trinajstić information content (AvgIpc) is 2.60. The van der Waals surface area contributed by atoms with Gasteiger partial charge in [0.25, 0.3) is 0 Å². The molecule has 0 saturated carbocycles. The molecule has 0 atom stereocenters. The zero-order valence-corrected chi connectivity index (χ0v) is 10.3. The Kier molecular flexibility index (Phi) is 2.52. The zero-order chi connectivity index (χ0) is 11.8. The molecule has 1 aliphatic heterocycles. The van der Waals surface area contributed by atoms with Crippen LogP contribution in [0.2, 0.25) is 0 Å². The Bertz CT molecular complexity index is 547. The first-order chi connectivity index (χ1) is 8.28. The largest absolute Gasteiger partial charge is 0.481 e. The molecule has 0 amide bonds. The van der Waals surface area contributed by atoms with Gasteiger partial charge in [-0.05, 0) is 19.0 Å². The van der Waals surface area contributed by atoms with E-state index in [0.29, 0.717) is 5.88 Å². The number of pyridine rings is 1. The van der Waals surface area contributed by atoms with Gasteiger partial charge in [-0.2, -0.15) is 0 Å². The number of nitrogens with one attached hydrogen (secondary N) is 1. The normalized spacial score (nSPS) is 16.8. The quantitative estimate of drug-likeness (QED) is 0.810. The topological polar surface area (TPSA) is 41.1 Å². The molecule has 4 nitrogen and oxygen atoms in total. The number of fused-ring (bicyclic) bond motifs is 3. The molecule has 1 N–H and O–H groups in total. The van der Waals surface area contributed by atoms with Crippen LogP contribution in [0.25, 0.3) is 10.9 Å². The van der Waals surface area contributed by atoms with E-state index < -0.39 is 0 Å². The summed E-state index contributed by atoms with van der Waals surface area (Å²) in [6, 6.07) is 2.04. The second-order valence-corrected chi connectivity index (χ2v) is 4.66. The zero-order valence-electron chi connectivity index (χ0n) is 10.3. The van der Waals surface area contributed by atoms with Crippen LogP contribution in [-0.4, -0.2) is 42.1 Å². The molecular formula is C13H17N3O. The highest BCUT2D eigenvalue weighted by molar-refractivity contribution is 5.85. The summed E-state index contributed by atoms with van der Waals surface area (Å²) in [6.07, 6.45) is 4.05. The lowest BCUT2D eigenvalue weighted by Gasteiger charge is -2.11. The molecule has 0 saturated heterocycles. The van der Waals surface area contributed by atoms with E-state index in [4.69, 9.17) is 4.74 Å². The SMILES string of the molecule is COc1cc2c3c([nH]c2cn1)CCN(C)CC3. The lowest BCUT2D eigenvalue weighted by Crippen LogP contribution is -2.21. The van der Waals surface area contributed by atoms with Crippen molar-refractivity contribution < 1.29 is 4.74 Å². The van der Waals surface area contributed by atoms with E-state index in [0.717, 1.165) is 31.4 Å². The van der Waals surface area contributed by atoms with Gasteiger partial charge in [-0.3, -0.25) is 0 Å². The highest BCUT2D eigenvalue weighted by atomic mass is 16.5. The lowest BCUT2D eigenvalue weighted by molar-refractivity contribution is 0.352. The van der Waals surface area contributed by atoms with Crippen LogP contribution in [0.5, 0.6) is 5.88 Å². The Hall–Kier alpha value is -1.55. The first kappa shape index (κ1) is 10.6. The third-order valence-electron chi connectivity index (χ3n) is 3.55. The van der Waals surface area contributed by atoms with E-state index in [1.54, 1.807) is 7.11 Å². The van der Waals surface area contributed by atoms with Crippen LogP contribution in [0, 0.1) is 0 Å². The number of nitrogens with zero attached hydrogens (tertiary/aromatic N) is 2. The standard InChI is InChI=1S/C13H17N3O/c1-16-5-3-9-10-7-13(17-2)14-8-12(10)15-11(9)4-6-16/h7-8,15H,3-6H2,1-2H3. The van der Waals surface area contributed by atoms with Gasteiger partial charge < -0.3 is 14.6 Å². The van der Waals surface area contributed by atoms with Gasteiger partial charge in [-0.1, -0.05) is 0 Å². The molecule has 0 spiro atoms. The van der Waals surface area contributed by atoms with E-state index in [-0.39, 0.29) is 0 Å². The fourth-order valence-corrected chi connectivity index (χ4v) is 2.51. The minimum atomic E-state index is 0.692. The van der Waals surface area contributed by atoms with Gasteiger partial charge in [0, 0.05) is 36.7 Å². The minimum Gasteiger partial charge on any atom is -0.481 e. The molecule has 0 aliphatic carbocycles. The van der Waals surface area contributed by atoms with Crippen LogP contribution in [0.15, 0.2) is 12.3 Å². The number of H-pyrrole nitrogens is 1. The van der Waals surface area contributed by atoms with Gasteiger partial charge in [0.2, 0.25) is 5.88 Å². The fourth-order valence-electron chi connectivity index (χ4n) is 2.51. The number of hydrogen-bond donors (Lipinski definition) is 1. The van der Waals surface area contributed by atoms with E-state index >= 15 is 0 Å². The smallest absolute Gasteiger partial charge is 0.213 e. The lowest BCUT2D eigenvalue weighted by atomic mass is 10.1. The summed E-state index contributed by atoms with van der Waals surface area (Å²) in [7, 11) is 3.84. The molecular weight excluding hydrogens is 214 g/mol. The number of likely N-dealkylation sites (N-methyl/N-ethyl adjacent to an activating group) is 1. The Morgan fingerprint density at radius 2 is 2.18 bits per heavy atom. The first-order valence-corrected chi connectivity index (χ1v) is 6.00. The Labute approximate surface area is 101 Å². The average molecular weight is 231 g/mol. The van der Waals surface area contributed by atoms with Crippen molar-refractivity contribution in [1.82, 2.24) is 14.9 Å². The second kappa shape index (κ2) is 4.04. The second-order valence-electron chi connectivity index (χ2n) is 4.66. The van der Waals surface area contributed by atoms with Crippen LogP contribution in [0.3, 0.4) is 0 Å². The number of rotatable bonds is 1. The van der Waals surface area contributed by atoms with Crippen molar-refractivity contribution in [3.8, 4) is 5.88 Å². The van der Waals surface area contributed by atoms with Crippen LogP contribution in [-0.2, 0) is 12.8 Å². The molecule has 0 fully saturated rings. The van der Waals surface area contributed by atoms with Crippen molar-refractivity contribution in [1.29, 1.82) is 0 Å². The molecule has 90 valence electrons. The number of aromatic amines is 1. The van der Waals surface area contributed by atoms with E-state index in [2.05, 4.69) is 21.9 Å². The minimum absolute atomic E-state index is 0.692. The van der Waals surface area contributed by atoms with Gasteiger partial charge in [0.15, 0.2) is 0 Å². The van der Waals surface area contributed by atoms with E-state index in [1.165, 1.54) is 16.6 Å². The molecule has 2 aromatic rings. The molecule has 2 aromatic heterocycles. The van der Waals surface area contributed by atoms with E-state index in [1.807, 2.05) is 12.3 Å². The highest BCUT2D eigenvalue weighted by Gasteiger charge is 2.16. The number of methoxy groups -OCH3 is 1. The first-order valence-electron chi connectivity index (χ1n) is 6.00. The summed E-state index contributed by atoms with van der Waals surface area (Å²) in [5.74, 6) is 0.692. The molecule has 17 heavy (non-hydrogen) atoms. The molecule has 3 heterocycles. The predicted molar refractivity (Wildman–Crippen MR) is 67.6 cm³/mol. The van der Waals surface area contributed by atoms with Crippen LogP contribution < -0.4 is 4.74 Å². The van der Waals surface area contributed by atoms with E-state index in [9.17, 15) is 0 Å². The van der Waals surface area contributed by atoms with Crippen molar-refractivity contribution in [2.24, 2.45) is 0 Å². The van der Waals surface area contributed by atoms with Gasteiger partial charge in [-0.15, -0.1) is 0 Å². The predicted octanol–water partition coefficient (Wildman–Crippen LogP) is 1.60. The molecule has 0 radical (unpaired) electrons. The van der Waals surface area contributed by atoms with Crippen molar-refractivity contribution in [3.05, 3.63) is 23.5 Å². The van der Waals surface area contributed by atoms with Gasteiger partial charge in [-0.25, -0.2) is 4.98 Å². The summed E-state index contributed by atoms with van der Waals surface area (Å²) in [5.41, 5.74) is 3.92. The maximum Gasteiger partial charge on any atom is 0.213 e. The van der Waals surface area contributed by atoms with Gasteiger partial charge in [0.1, 0.15) is 0 Å². The van der Waals surface area contributed by atoms with Crippen molar-refractivity contribution in [2.75, 3.05) is 27.2 Å². The monoisotopic (exact) mass is 231 g/mol. The summed E-state index contributed by atoms with van der Waals surface area (Å²) >= 11 is 0. The molecule has 0 unspecified atom stereocenters. The Balaban J connectivity index is 2.12. The number of hydrogen-bond acceptors (Lipinski definition) is 3. The summed E-state index contributed by atoms with van der Waals surface area (Å²) in [4.78, 5) is 10.1. The fraction of sp³-hybridized carbons (Fsp3) is 0.462. The number of ether oxygens (including phenoxy) is 1. The van der Waals surface area contributed by atoms with Crippen molar-refractivity contribution in [3.63, 3.8) is 0 Å². The van der Waals surface area contributed by atoms with Gasteiger partial charge in [0.05, 0.1) is 18.8 Å². The van der Waals surface area contributed by atoms with Crippen LogP contribution in [0.1, 0.15) is 11.3 Å². The number of aromatic nitrogens is 2. The Morgan fingerprint density at radius 3 is 3.00 bits per heavy atom. The highest BCUT2D eigenvalue weighted by Crippen LogP contribution is 2.27. The Morgan fingerprint density at radius 1 is 1.35 bits per heavy atom. The van der Waals surface area contributed by atoms with Crippen LogP contribution in [0.4, 0.5) is 0 Å². The van der Waals surface area contributed by atoms with Crippen molar-refractivity contribution in [2.45, 2.75) is 12.8 Å². The molecule has 0 aromatic carbocycles.